The van der Waals surface area contributed by atoms with Gasteiger partial charge in [-0.1, -0.05) is 0 Å². The summed E-state index contributed by atoms with van der Waals surface area (Å²) in [5, 5.41) is 0.426. The zero-order chi connectivity index (χ0) is 11.2. The minimum Gasteiger partial charge on any atom is -0.337 e. The van der Waals surface area contributed by atoms with Gasteiger partial charge < -0.3 is 4.90 Å². The molecule has 3 unspecified atom stereocenters. The van der Waals surface area contributed by atoms with Crippen LogP contribution in [-0.2, 0) is 4.79 Å². The maximum Gasteiger partial charge on any atom is 0.329 e. The first-order chi connectivity index (χ1) is 6.98. The lowest BCUT2D eigenvalue weighted by Crippen LogP contribution is -2.38. The third-order valence-corrected chi connectivity index (χ3v) is 4.77. The van der Waals surface area contributed by atoms with Gasteiger partial charge in [0.25, 0.3) is 5.91 Å². The maximum atomic E-state index is 13.6. The summed E-state index contributed by atoms with van der Waals surface area (Å²) in [5.41, 5.74) is 0. The molecule has 1 saturated carbocycles. The number of alkyl halides is 2. The molecule has 2 aliphatic rings. The molecule has 5 heteroatoms. The molecule has 0 aromatic rings. The highest BCUT2D eigenvalue weighted by Gasteiger charge is 2.61. The van der Waals surface area contributed by atoms with E-state index in [4.69, 9.17) is 0 Å². The molecule has 0 aromatic heterocycles. The zero-order valence-corrected chi connectivity index (χ0v) is 9.69. The fourth-order valence-electron chi connectivity index (χ4n) is 2.72. The average Bonchev–Trinajstić information content (AvgIpc) is 2.40. The van der Waals surface area contributed by atoms with Crippen molar-refractivity contribution < 1.29 is 13.6 Å². The molecule has 0 bridgehead atoms. The Hall–Kier alpha value is -0.320. The van der Waals surface area contributed by atoms with E-state index in [1.54, 1.807) is 11.8 Å². The topological polar surface area (TPSA) is 20.3 Å². The summed E-state index contributed by atoms with van der Waals surface area (Å²) in [6.07, 6.45) is 3.99. The smallest absolute Gasteiger partial charge is 0.329 e. The summed E-state index contributed by atoms with van der Waals surface area (Å²) in [5.74, 6) is -4.86. The second-order valence-corrected chi connectivity index (χ2v) is 5.52. The molecule has 2 rings (SSSR count). The van der Waals surface area contributed by atoms with Crippen LogP contribution in [0, 0.1) is 5.92 Å². The Morgan fingerprint density at radius 1 is 1.47 bits per heavy atom. The van der Waals surface area contributed by atoms with Gasteiger partial charge >= 0.3 is 5.92 Å². The van der Waals surface area contributed by atoms with Gasteiger partial charge in [-0.25, -0.2) is 0 Å². The number of hydrogen-bond acceptors (Lipinski definition) is 2. The van der Waals surface area contributed by atoms with Crippen molar-refractivity contribution in [1.82, 2.24) is 4.90 Å². The van der Waals surface area contributed by atoms with Gasteiger partial charge in [-0.15, -0.1) is 0 Å². The molecular weight excluding hydrogens is 220 g/mol. The minimum atomic E-state index is -3.12. The Kier molecular flexibility index (Phi) is 2.69. The van der Waals surface area contributed by atoms with Gasteiger partial charge in [0.15, 0.2) is 0 Å². The van der Waals surface area contributed by atoms with E-state index in [2.05, 4.69) is 0 Å². The Morgan fingerprint density at radius 2 is 2.13 bits per heavy atom. The first kappa shape index (κ1) is 11.2. The highest BCUT2D eigenvalue weighted by Crippen LogP contribution is 2.47. The Bertz CT molecular complexity index is 285. The maximum absolute atomic E-state index is 13.6. The predicted molar refractivity (Wildman–Crippen MR) is 56.1 cm³/mol. The Labute approximate surface area is 92.4 Å². The fraction of sp³-hybridized carbons (Fsp3) is 0.900. The fourth-order valence-corrected chi connectivity index (χ4v) is 3.48. The zero-order valence-electron chi connectivity index (χ0n) is 8.87. The number of amides is 1. The van der Waals surface area contributed by atoms with Gasteiger partial charge in [0, 0.05) is 18.3 Å². The van der Waals surface area contributed by atoms with Crippen molar-refractivity contribution in [2.45, 2.75) is 36.5 Å². The largest absolute Gasteiger partial charge is 0.337 e. The van der Waals surface area contributed by atoms with Crippen molar-refractivity contribution in [2.24, 2.45) is 5.92 Å². The van der Waals surface area contributed by atoms with E-state index in [9.17, 15) is 13.6 Å². The number of likely N-dealkylation sites (tertiary alicyclic amines) is 1. The van der Waals surface area contributed by atoms with Crippen molar-refractivity contribution in [2.75, 3.05) is 13.3 Å². The molecule has 0 N–H and O–H groups in total. The number of carbonyl (C=O) groups excluding carboxylic acids is 1. The summed E-state index contributed by atoms with van der Waals surface area (Å²) >= 11 is 1.72. The molecule has 2 nitrogen and oxygen atoms in total. The number of nitrogens with zero attached hydrogens (tertiary/aromatic N) is 1. The second-order valence-electron chi connectivity index (χ2n) is 4.38. The molecule has 1 aliphatic heterocycles. The lowest BCUT2D eigenvalue weighted by molar-refractivity contribution is -0.150. The summed E-state index contributed by atoms with van der Waals surface area (Å²) in [7, 11) is 1.50. The van der Waals surface area contributed by atoms with Gasteiger partial charge in [0.05, 0.1) is 5.92 Å². The predicted octanol–water partition coefficient (Wildman–Crippen LogP) is 1.99. The molecule has 1 aliphatic carbocycles. The van der Waals surface area contributed by atoms with E-state index in [0.717, 1.165) is 6.42 Å². The van der Waals surface area contributed by atoms with E-state index in [-0.39, 0.29) is 6.04 Å². The average molecular weight is 235 g/mol. The van der Waals surface area contributed by atoms with Gasteiger partial charge in [-0.05, 0) is 25.5 Å². The SMILES string of the molecule is CSC1CCC2C(C1)N(C)C(=O)C2(F)F. The van der Waals surface area contributed by atoms with Crippen molar-refractivity contribution >= 4 is 17.7 Å². The van der Waals surface area contributed by atoms with Crippen molar-refractivity contribution in [3.8, 4) is 0 Å². The molecule has 0 aromatic carbocycles. The minimum absolute atomic E-state index is 0.251. The molecule has 86 valence electrons. The number of rotatable bonds is 1. The first-order valence-electron chi connectivity index (χ1n) is 5.16. The molecule has 1 amide bonds. The van der Waals surface area contributed by atoms with Crippen LogP contribution in [-0.4, -0.2) is 41.3 Å². The van der Waals surface area contributed by atoms with E-state index in [0.29, 0.717) is 18.1 Å². The molecule has 0 radical (unpaired) electrons. The summed E-state index contributed by atoms with van der Waals surface area (Å²) in [6.45, 7) is 0. The van der Waals surface area contributed by atoms with E-state index in [1.807, 2.05) is 6.26 Å². The third kappa shape index (κ3) is 1.55. The highest BCUT2D eigenvalue weighted by atomic mass is 32.2. The molecule has 2 fully saturated rings. The van der Waals surface area contributed by atoms with Crippen molar-refractivity contribution in [3.63, 3.8) is 0 Å². The first-order valence-corrected chi connectivity index (χ1v) is 6.45. The summed E-state index contributed by atoms with van der Waals surface area (Å²) in [4.78, 5) is 12.6. The van der Waals surface area contributed by atoms with Gasteiger partial charge in [0.1, 0.15) is 0 Å². The second kappa shape index (κ2) is 3.61. The third-order valence-electron chi connectivity index (χ3n) is 3.67. The van der Waals surface area contributed by atoms with Gasteiger partial charge in [0.2, 0.25) is 0 Å². The quantitative estimate of drug-likeness (QED) is 0.693. The molecular formula is C10H15F2NOS. The normalized spacial score (nSPS) is 39.3. The molecule has 1 saturated heterocycles. The van der Waals surface area contributed by atoms with Crippen LogP contribution in [0.2, 0.25) is 0 Å². The summed E-state index contributed by atoms with van der Waals surface area (Å²) < 4.78 is 27.1. The monoisotopic (exact) mass is 235 g/mol. The van der Waals surface area contributed by atoms with Crippen molar-refractivity contribution in [1.29, 1.82) is 0 Å². The van der Waals surface area contributed by atoms with Crippen LogP contribution in [0.25, 0.3) is 0 Å². The van der Waals surface area contributed by atoms with Crippen LogP contribution in [0.4, 0.5) is 8.78 Å². The Balaban J connectivity index is 2.21. The molecule has 15 heavy (non-hydrogen) atoms. The number of halogens is 2. The molecule has 1 heterocycles. The van der Waals surface area contributed by atoms with Crippen molar-refractivity contribution in [3.05, 3.63) is 0 Å². The van der Waals surface area contributed by atoms with Crippen LogP contribution < -0.4 is 0 Å². The van der Waals surface area contributed by atoms with E-state index < -0.39 is 17.7 Å². The lowest BCUT2D eigenvalue weighted by atomic mass is 9.83. The van der Waals surface area contributed by atoms with Crippen LogP contribution >= 0.6 is 11.8 Å². The van der Waals surface area contributed by atoms with Crippen LogP contribution in [0.3, 0.4) is 0 Å². The van der Waals surface area contributed by atoms with Crippen LogP contribution in [0.15, 0.2) is 0 Å². The Morgan fingerprint density at radius 3 is 2.73 bits per heavy atom. The number of hydrogen-bond donors (Lipinski definition) is 0. The standard InChI is InChI=1S/C10H15F2NOS/c1-13-8-5-6(15-2)3-4-7(8)10(11,12)9(13)14/h6-8H,3-5H2,1-2H3. The number of thioether (sulfide) groups is 1. The lowest BCUT2D eigenvalue weighted by Gasteiger charge is -2.33. The van der Waals surface area contributed by atoms with Crippen LogP contribution in [0.1, 0.15) is 19.3 Å². The van der Waals surface area contributed by atoms with E-state index in [1.165, 1.54) is 11.9 Å². The van der Waals surface area contributed by atoms with Crippen LogP contribution in [0.5, 0.6) is 0 Å². The molecule has 3 atom stereocenters. The number of fused-ring (bicyclic) bond motifs is 1. The number of carbonyl (C=O) groups is 1. The van der Waals surface area contributed by atoms with Gasteiger partial charge in [-0.3, -0.25) is 4.79 Å². The van der Waals surface area contributed by atoms with E-state index >= 15 is 0 Å². The molecule has 0 spiro atoms. The summed E-state index contributed by atoms with van der Waals surface area (Å²) in [6, 6.07) is -0.251. The van der Waals surface area contributed by atoms with Gasteiger partial charge in [-0.2, -0.15) is 20.5 Å². The highest BCUT2D eigenvalue weighted by molar-refractivity contribution is 7.99.